The largest absolute Gasteiger partial charge is 0.388 e. The fourth-order valence-corrected chi connectivity index (χ4v) is 2.35. The molecule has 0 radical (unpaired) electrons. The summed E-state index contributed by atoms with van der Waals surface area (Å²) in [5, 5.41) is 12.7. The van der Waals surface area contributed by atoms with Gasteiger partial charge in [0.05, 0.1) is 5.60 Å². The Morgan fingerprint density at radius 1 is 1.06 bits per heavy atom. The zero-order chi connectivity index (χ0) is 13.2. The topological polar surface area (TPSA) is 32.3 Å². The molecule has 0 aromatic heterocycles. The highest BCUT2D eigenvalue weighted by Gasteiger charge is 2.29. The van der Waals surface area contributed by atoms with Gasteiger partial charge in [-0.3, -0.25) is 0 Å². The summed E-state index contributed by atoms with van der Waals surface area (Å²) >= 11 is 0. The monoisotopic (exact) mass is 259 g/mol. The Morgan fingerprint density at radius 3 is 2.17 bits per heavy atom. The zero-order valence-corrected chi connectivity index (χ0v) is 9.98. The van der Waals surface area contributed by atoms with Crippen LogP contribution in [0, 0.1) is 17.5 Å². The molecule has 18 heavy (non-hydrogen) atoms. The van der Waals surface area contributed by atoms with Gasteiger partial charge in [0.25, 0.3) is 0 Å². The van der Waals surface area contributed by atoms with Crippen molar-refractivity contribution >= 4 is 5.69 Å². The van der Waals surface area contributed by atoms with Crippen molar-refractivity contribution in [2.24, 2.45) is 0 Å². The van der Waals surface area contributed by atoms with Crippen molar-refractivity contribution < 1.29 is 18.3 Å². The predicted octanol–water partition coefficient (Wildman–Crippen LogP) is 3.21. The molecule has 1 saturated carbocycles. The molecule has 2 rings (SSSR count). The van der Waals surface area contributed by atoms with Crippen LogP contribution in [0.5, 0.6) is 0 Å². The highest BCUT2D eigenvalue weighted by atomic mass is 19.1. The van der Waals surface area contributed by atoms with E-state index in [0.29, 0.717) is 25.0 Å². The SMILES string of the molecule is OC1(CNc2c(F)cc(F)cc2F)CCCCC1. The molecule has 0 amide bonds. The first-order chi connectivity index (χ1) is 8.50. The summed E-state index contributed by atoms with van der Waals surface area (Å²) < 4.78 is 39.5. The maximum Gasteiger partial charge on any atom is 0.152 e. The summed E-state index contributed by atoms with van der Waals surface area (Å²) in [7, 11) is 0. The van der Waals surface area contributed by atoms with Gasteiger partial charge < -0.3 is 10.4 Å². The number of hydrogen-bond donors (Lipinski definition) is 2. The highest BCUT2D eigenvalue weighted by molar-refractivity contribution is 5.46. The number of aliphatic hydroxyl groups is 1. The molecule has 0 bridgehead atoms. The van der Waals surface area contributed by atoms with Crippen molar-refractivity contribution in [2.75, 3.05) is 11.9 Å². The fraction of sp³-hybridized carbons (Fsp3) is 0.538. The summed E-state index contributed by atoms with van der Waals surface area (Å²) in [6.07, 6.45) is 4.12. The first-order valence-electron chi connectivity index (χ1n) is 6.11. The molecule has 1 aromatic carbocycles. The molecule has 0 heterocycles. The summed E-state index contributed by atoms with van der Waals surface area (Å²) in [5.41, 5.74) is -1.30. The minimum Gasteiger partial charge on any atom is -0.388 e. The first kappa shape index (κ1) is 13.2. The van der Waals surface area contributed by atoms with Crippen LogP contribution in [0.2, 0.25) is 0 Å². The van der Waals surface area contributed by atoms with Gasteiger partial charge >= 0.3 is 0 Å². The maximum atomic E-state index is 13.4. The van der Waals surface area contributed by atoms with Crippen LogP contribution in [0.3, 0.4) is 0 Å². The van der Waals surface area contributed by atoms with Crippen LogP contribution < -0.4 is 5.32 Å². The van der Waals surface area contributed by atoms with Crippen LogP contribution in [0.4, 0.5) is 18.9 Å². The molecule has 0 aliphatic heterocycles. The molecule has 1 aromatic rings. The van der Waals surface area contributed by atoms with E-state index in [1.807, 2.05) is 0 Å². The summed E-state index contributed by atoms with van der Waals surface area (Å²) in [6.45, 7) is 0.0759. The van der Waals surface area contributed by atoms with Gasteiger partial charge in [-0.1, -0.05) is 19.3 Å². The van der Waals surface area contributed by atoms with E-state index in [0.717, 1.165) is 19.3 Å². The van der Waals surface area contributed by atoms with Crippen molar-refractivity contribution in [1.29, 1.82) is 0 Å². The first-order valence-corrected chi connectivity index (χ1v) is 6.11. The Labute approximate surface area is 104 Å². The minimum atomic E-state index is -0.980. The van der Waals surface area contributed by atoms with E-state index in [4.69, 9.17) is 0 Å². The van der Waals surface area contributed by atoms with E-state index < -0.39 is 23.1 Å². The van der Waals surface area contributed by atoms with E-state index in [-0.39, 0.29) is 12.2 Å². The van der Waals surface area contributed by atoms with Crippen LogP contribution in [-0.2, 0) is 0 Å². The van der Waals surface area contributed by atoms with Crippen LogP contribution in [-0.4, -0.2) is 17.3 Å². The molecule has 1 aliphatic carbocycles. The number of rotatable bonds is 3. The van der Waals surface area contributed by atoms with Crippen molar-refractivity contribution in [3.05, 3.63) is 29.6 Å². The molecule has 100 valence electrons. The standard InChI is InChI=1S/C13H16F3NO/c14-9-6-10(15)12(11(16)7-9)17-8-13(18)4-2-1-3-5-13/h6-7,17-18H,1-5,8H2. The van der Waals surface area contributed by atoms with Gasteiger partial charge in [-0.05, 0) is 12.8 Å². The Morgan fingerprint density at radius 2 is 1.61 bits per heavy atom. The van der Waals surface area contributed by atoms with Crippen molar-refractivity contribution in [2.45, 2.75) is 37.7 Å². The Balaban J connectivity index is 2.06. The third-order valence-electron chi connectivity index (χ3n) is 3.39. The number of anilines is 1. The number of halogens is 3. The van der Waals surface area contributed by atoms with Crippen LogP contribution >= 0.6 is 0 Å². The van der Waals surface area contributed by atoms with Crippen LogP contribution in [0.15, 0.2) is 12.1 Å². The van der Waals surface area contributed by atoms with Crippen molar-refractivity contribution in [1.82, 2.24) is 0 Å². The van der Waals surface area contributed by atoms with Crippen molar-refractivity contribution in [3.63, 3.8) is 0 Å². The van der Waals surface area contributed by atoms with Gasteiger partial charge in [0.2, 0.25) is 0 Å². The van der Waals surface area contributed by atoms with E-state index in [1.54, 1.807) is 0 Å². The molecule has 5 heteroatoms. The highest BCUT2D eigenvalue weighted by Crippen LogP contribution is 2.29. The van der Waals surface area contributed by atoms with E-state index in [1.165, 1.54) is 0 Å². The van der Waals surface area contributed by atoms with Crippen LogP contribution in [0.1, 0.15) is 32.1 Å². The second-order valence-corrected chi connectivity index (χ2v) is 4.88. The quantitative estimate of drug-likeness (QED) is 0.873. The molecule has 0 atom stereocenters. The molecule has 0 spiro atoms. The maximum absolute atomic E-state index is 13.4. The summed E-state index contributed by atoms with van der Waals surface area (Å²) in [4.78, 5) is 0. The second-order valence-electron chi connectivity index (χ2n) is 4.88. The van der Waals surface area contributed by atoms with Gasteiger partial charge in [-0.25, -0.2) is 13.2 Å². The van der Waals surface area contributed by atoms with Crippen LogP contribution in [0.25, 0.3) is 0 Å². The Hall–Kier alpha value is -1.23. The molecule has 1 fully saturated rings. The predicted molar refractivity (Wildman–Crippen MR) is 62.8 cm³/mol. The van der Waals surface area contributed by atoms with E-state index in [9.17, 15) is 18.3 Å². The lowest BCUT2D eigenvalue weighted by atomic mass is 9.85. The van der Waals surface area contributed by atoms with Gasteiger partial charge in [0.1, 0.15) is 11.5 Å². The zero-order valence-electron chi connectivity index (χ0n) is 9.98. The molecular weight excluding hydrogens is 243 g/mol. The van der Waals surface area contributed by atoms with Gasteiger partial charge in [0.15, 0.2) is 11.6 Å². The van der Waals surface area contributed by atoms with E-state index in [2.05, 4.69) is 5.32 Å². The second kappa shape index (κ2) is 5.18. The lowest BCUT2D eigenvalue weighted by Crippen LogP contribution is -2.39. The normalized spacial score (nSPS) is 18.7. The lowest BCUT2D eigenvalue weighted by Gasteiger charge is -2.32. The van der Waals surface area contributed by atoms with Gasteiger partial charge in [-0.2, -0.15) is 0 Å². The van der Waals surface area contributed by atoms with Crippen molar-refractivity contribution in [3.8, 4) is 0 Å². The van der Waals surface area contributed by atoms with Gasteiger partial charge in [-0.15, -0.1) is 0 Å². The lowest BCUT2D eigenvalue weighted by molar-refractivity contribution is 0.0166. The Kier molecular flexibility index (Phi) is 3.80. The minimum absolute atomic E-state index is 0.0759. The smallest absolute Gasteiger partial charge is 0.152 e. The number of nitrogens with one attached hydrogen (secondary N) is 1. The molecule has 2 N–H and O–H groups in total. The van der Waals surface area contributed by atoms with E-state index >= 15 is 0 Å². The molecule has 2 nitrogen and oxygen atoms in total. The Bertz CT molecular complexity index is 407. The average Bonchev–Trinajstić information content (AvgIpc) is 2.28. The third-order valence-corrected chi connectivity index (χ3v) is 3.39. The number of benzene rings is 1. The summed E-state index contributed by atoms with van der Waals surface area (Å²) in [6, 6.07) is 1.24. The average molecular weight is 259 g/mol. The third kappa shape index (κ3) is 2.96. The number of hydrogen-bond acceptors (Lipinski definition) is 2. The molecule has 0 unspecified atom stereocenters. The fourth-order valence-electron chi connectivity index (χ4n) is 2.35. The molecular formula is C13H16F3NO. The molecule has 1 aliphatic rings. The van der Waals surface area contributed by atoms with Gasteiger partial charge in [0, 0.05) is 18.7 Å². The molecule has 0 saturated heterocycles. The summed E-state index contributed by atoms with van der Waals surface area (Å²) in [5.74, 6) is -2.91.